The third-order valence-corrected chi connectivity index (χ3v) is 4.01. The molecule has 0 aromatic heterocycles. The van der Waals surface area contributed by atoms with Crippen LogP contribution in [-0.4, -0.2) is 18.9 Å². The molecule has 2 rings (SSSR count). The average molecular weight is 222 g/mol. The molecule has 0 aromatic carbocycles. The molecule has 0 spiro atoms. The zero-order valence-electron chi connectivity index (χ0n) is 9.97. The van der Waals surface area contributed by atoms with Crippen LogP contribution < -0.4 is 0 Å². The first-order valence-electron chi connectivity index (χ1n) is 5.93. The number of hydrogen-bond acceptors (Lipinski definition) is 3. The van der Waals surface area contributed by atoms with Gasteiger partial charge in [-0.2, -0.15) is 0 Å². The molecule has 0 unspecified atom stereocenters. The Morgan fingerprint density at radius 3 is 2.69 bits per heavy atom. The minimum atomic E-state index is -0.437. The summed E-state index contributed by atoms with van der Waals surface area (Å²) in [6, 6.07) is 0. The zero-order valence-corrected chi connectivity index (χ0v) is 9.97. The van der Waals surface area contributed by atoms with Crippen molar-refractivity contribution in [3.63, 3.8) is 0 Å². The maximum absolute atomic E-state index is 11.8. The van der Waals surface area contributed by atoms with Gasteiger partial charge in [0.25, 0.3) is 0 Å². The lowest BCUT2D eigenvalue weighted by Gasteiger charge is -2.40. The summed E-state index contributed by atoms with van der Waals surface area (Å²) in [5.41, 5.74) is 1.48. The fourth-order valence-electron chi connectivity index (χ4n) is 2.99. The maximum atomic E-state index is 11.8. The van der Waals surface area contributed by atoms with Crippen LogP contribution in [0.2, 0.25) is 0 Å². The Morgan fingerprint density at radius 2 is 2.00 bits per heavy atom. The SMILES string of the molecule is COC(=O)C1=C2CCCC[C@]2(C)CCC1=O. The number of ketones is 1. The second kappa shape index (κ2) is 4.04. The van der Waals surface area contributed by atoms with Gasteiger partial charge in [0.2, 0.25) is 0 Å². The number of esters is 1. The summed E-state index contributed by atoms with van der Waals surface area (Å²) < 4.78 is 4.74. The van der Waals surface area contributed by atoms with Crippen molar-refractivity contribution in [3.05, 3.63) is 11.1 Å². The number of carbonyl (C=O) groups is 2. The summed E-state index contributed by atoms with van der Waals surface area (Å²) in [4.78, 5) is 23.5. The zero-order chi connectivity index (χ0) is 11.8. The molecule has 1 fully saturated rings. The molecule has 0 radical (unpaired) electrons. The standard InChI is InChI=1S/C13H18O3/c1-13-7-4-3-5-9(13)11(12(15)16-2)10(14)6-8-13/h3-8H2,1-2H3/t13-/m1/s1. The molecule has 0 heterocycles. The molecule has 3 heteroatoms. The first-order chi connectivity index (χ1) is 7.58. The Hall–Kier alpha value is -1.12. The predicted octanol–water partition coefficient (Wildman–Crippen LogP) is 2.40. The van der Waals surface area contributed by atoms with E-state index in [9.17, 15) is 9.59 Å². The topological polar surface area (TPSA) is 43.4 Å². The van der Waals surface area contributed by atoms with Crippen molar-refractivity contribution in [3.8, 4) is 0 Å². The average Bonchev–Trinajstić information content (AvgIpc) is 2.29. The van der Waals surface area contributed by atoms with Gasteiger partial charge in [0.15, 0.2) is 5.78 Å². The van der Waals surface area contributed by atoms with E-state index in [0.29, 0.717) is 12.0 Å². The monoisotopic (exact) mass is 222 g/mol. The van der Waals surface area contributed by atoms with Crippen LogP contribution in [0.25, 0.3) is 0 Å². The van der Waals surface area contributed by atoms with Crippen molar-refractivity contribution in [1.29, 1.82) is 0 Å². The summed E-state index contributed by atoms with van der Waals surface area (Å²) in [5, 5.41) is 0. The molecule has 0 aromatic rings. The Labute approximate surface area is 95.9 Å². The highest BCUT2D eigenvalue weighted by molar-refractivity contribution is 6.18. The van der Waals surface area contributed by atoms with E-state index in [0.717, 1.165) is 31.3 Å². The van der Waals surface area contributed by atoms with Crippen LogP contribution in [0.5, 0.6) is 0 Å². The second-order valence-electron chi connectivity index (χ2n) is 5.04. The van der Waals surface area contributed by atoms with Crippen molar-refractivity contribution < 1.29 is 14.3 Å². The molecule has 0 aliphatic heterocycles. The Bertz CT molecular complexity index is 367. The highest BCUT2D eigenvalue weighted by Crippen LogP contribution is 2.48. The molecule has 88 valence electrons. The van der Waals surface area contributed by atoms with Gasteiger partial charge in [0.05, 0.1) is 7.11 Å². The lowest BCUT2D eigenvalue weighted by atomic mass is 9.64. The van der Waals surface area contributed by atoms with Gasteiger partial charge in [-0.25, -0.2) is 4.79 Å². The number of rotatable bonds is 1. The molecular weight excluding hydrogens is 204 g/mol. The number of carbonyl (C=O) groups excluding carboxylic acids is 2. The van der Waals surface area contributed by atoms with E-state index in [1.807, 2.05) is 0 Å². The first kappa shape index (κ1) is 11.4. The fourth-order valence-corrected chi connectivity index (χ4v) is 2.99. The lowest BCUT2D eigenvalue weighted by Crippen LogP contribution is -2.34. The van der Waals surface area contributed by atoms with Gasteiger partial charge in [-0.15, -0.1) is 0 Å². The van der Waals surface area contributed by atoms with Crippen LogP contribution in [0.3, 0.4) is 0 Å². The smallest absolute Gasteiger partial charge is 0.341 e. The summed E-state index contributed by atoms with van der Waals surface area (Å²) >= 11 is 0. The minimum Gasteiger partial charge on any atom is -0.465 e. The maximum Gasteiger partial charge on any atom is 0.341 e. The van der Waals surface area contributed by atoms with Gasteiger partial charge in [-0.3, -0.25) is 4.79 Å². The molecule has 1 saturated carbocycles. The van der Waals surface area contributed by atoms with Crippen LogP contribution >= 0.6 is 0 Å². The van der Waals surface area contributed by atoms with Crippen LogP contribution in [0.1, 0.15) is 45.4 Å². The quantitative estimate of drug-likeness (QED) is 0.505. The highest BCUT2D eigenvalue weighted by Gasteiger charge is 2.41. The van der Waals surface area contributed by atoms with E-state index in [1.165, 1.54) is 13.5 Å². The summed E-state index contributed by atoms with van der Waals surface area (Å²) in [6.07, 6.45) is 5.64. The van der Waals surface area contributed by atoms with Gasteiger partial charge in [0, 0.05) is 6.42 Å². The van der Waals surface area contributed by atoms with E-state index in [-0.39, 0.29) is 11.2 Å². The number of hydrogen-bond donors (Lipinski definition) is 0. The lowest BCUT2D eigenvalue weighted by molar-refractivity contribution is -0.138. The molecule has 0 bridgehead atoms. The number of fused-ring (bicyclic) bond motifs is 1. The third-order valence-electron chi connectivity index (χ3n) is 4.01. The predicted molar refractivity (Wildman–Crippen MR) is 59.9 cm³/mol. The van der Waals surface area contributed by atoms with Crippen LogP contribution in [0.15, 0.2) is 11.1 Å². The molecule has 2 aliphatic carbocycles. The van der Waals surface area contributed by atoms with Crippen LogP contribution in [-0.2, 0) is 14.3 Å². The minimum absolute atomic E-state index is 0.0266. The van der Waals surface area contributed by atoms with E-state index in [4.69, 9.17) is 4.74 Å². The van der Waals surface area contributed by atoms with Gasteiger partial charge in [-0.1, -0.05) is 13.3 Å². The molecule has 0 N–H and O–H groups in total. The normalized spacial score (nSPS) is 30.0. The summed E-state index contributed by atoms with van der Waals surface area (Å²) in [5.74, 6) is -0.464. The van der Waals surface area contributed by atoms with Crippen molar-refractivity contribution in [2.75, 3.05) is 7.11 Å². The van der Waals surface area contributed by atoms with Gasteiger partial charge in [0.1, 0.15) is 5.57 Å². The second-order valence-corrected chi connectivity index (χ2v) is 5.04. The van der Waals surface area contributed by atoms with Gasteiger partial charge >= 0.3 is 5.97 Å². The van der Waals surface area contributed by atoms with E-state index in [1.54, 1.807) is 0 Å². The molecule has 16 heavy (non-hydrogen) atoms. The van der Waals surface area contributed by atoms with Gasteiger partial charge < -0.3 is 4.74 Å². The van der Waals surface area contributed by atoms with E-state index < -0.39 is 5.97 Å². The van der Waals surface area contributed by atoms with Crippen molar-refractivity contribution in [2.45, 2.75) is 45.4 Å². The number of Topliss-reactive ketones (excluding diaryl/α,β-unsaturated/α-hetero) is 1. The van der Waals surface area contributed by atoms with Crippen molar-refractivity contribution in [1.82, 2.24) is 0 Å². The Morgan fingerprint density at radius 1 is 1.25 bits per heavy atom. The van der Waals surface area contributed by atoms with Crippen LogP contribution in [0.4, 0.5) is 0 Å². The molecule has 1 atom stereocenters. The van der Waals surface area contributed by atoms with Crippen molar-refractivity contribution >= 4 is 11.8 Å². The molecule has 0 saturated heterocycles. The van der Waals surface area contributed by atoms with Crippen molar-refractivity contribution in [2.24, 2.45) is 5.41 Å². The molecule has 0 amide bonds. The fraction of sp³-hybridized carbons (Fsp3) is 0.692. The summed E-state index contributed by atoms with van der Waals surface area (Å²) in [6.45, 7) is 2.18. The molecular formula is C13H18O3. The Balaban J connectivity index is 2.48. The highest BCUT2D eigenvalue weighted by atomic mass is 16.5. The van der Waals surface area contributed by atoms with E-state index in [2.05, 4.69) is 6.92 Å². The number of methoxy groups -OCH3 is 1. The van der Waals surface area contributed by atoms with E-state index >= 15 is 0 Å². The largest absolute Gasteiger partial charge is 0.465 e. The molecule has 3 nitrogen and oxygen atoms in total. The third kappa shape index (κ3) is 1.68. The summed E-state index contributed by atoms with van der Waals surface area (Å²) in [7, 11) is 1.35. The van der Waals surface area contributed by atoms with Crippen LogP contribution in [0, 0.1) is 5.41 Å². The Kier molecular flexibility index (Phi) is 2.87. The number of ether oxygens (including phenoxy) is 1. The van der Waals surface area contributed by atoms with Gasteiger partial charge in [-0.05, 0) is 36.7 Å². The number of allylic oxidation sites excluding steroid dienone is 1. The first-order valence-corrected chi connectivity index (χ1v) is 5.93. The molecule has 2 aliphatic rings.